The molecule has 2 aromatic carbocycles. The molecule has 0 amide bonds. The van der Waals surface area contributed by atoms with Crippen LogP contribution >= 0.6 is 0 Å². The largest absolute Gasteiger partial charge is 0.454 e. The fourth-order valence-corrected chi connectivity index (χ4v) is 3.68. The van der Waals surface area contributed by atoms with Crippen LogP contribution in [-0.4, -0.2) is 10.6 Å². The van der Waals surface area contributed by atoms with E-state index in [0.29, 0.717) is 11.8 Å². The van der Waals surface area contributed by atoms with Crippen LogP contribution in [0.15, 0.2) is 60.6 Å². The topological polar surface area (TPSA) is 38.2 Å². The van der Waals surface area contributed by atoms with Gasteiger partial charge >= 0.3 is 0 Å². The molecule has 0 saturated heterocycles. The molecule has 4 nitrogen and oxygen atoms in total. The summed E-state index contributed by atoms with van der Waals surface area (Å²) in [6.07, 6.45) is 6.06. The quantitative estimate of drug-likeness (QED) is 0.604. The third-order valence-corrected chi connectivity index (χ3v) is 5.42. The zero-order valence-corrected chi connectivity index (χ0v) is 16.5. The first-order chi connectivity index (χ1) is 13.5. The van der Waals surface area contributed by atoms with Crippen molar-refractivity contribution >= 4 is 10.9 Å². The number of hydrogen-bond acceptors (Lipinski definition) is 3. The van der Waals surface area contributed by atoms with Crippen molar-refractivity contribution < 1.29 is 9.13 Å². The lowest BCUT2D eigenvalue weighted by molar-refractivity contribution is 0.445. The van der Waals surface area contributed by atoms with Gasteiger partial charge in [0.25, 0.3) is 0 Å². The van der Waals surface area contributed by atoms with Gasteiger partial charge in [0.2, 0.25) is 0 Å². The first kappa shape index (κ1) is 18.4. The van der Waals surface area contributed by atoms with Crippen molar-refractivity contribution in [1.82, 2.24) is 15.2 Å². The number of fused-ring (bicyclic) bond motifs is 1. The van der Waals surface area contributed by atoms with E-state index in [1.165, 1.54) is 0 Å². The second-order valence-electron chi connectivity index (χ2n) is 7.42. The summed E-state index contributed by atoms with van der Waals surface area (Å²) in [6, 6.07) is 13.5. The molecule has 1 unspecified atom stereocenters. The molecule has 0 radical (unpaired) electrons. The van der Waals surface area contributed by atoms with Gasteiger partial charge in [-0.2, -0.15) is 0 Å². The summed E-state index contributed by atoms with van der Waals surface area (Å²) < 4.78 is 22.7. The highest BCUT2D eigenvalue weighted by Gasteiger charge is 2.17. The number of rotatable bonds is 6. The maximum absolute atomic E-state index is 14.7. The predicted octanol–water partition coefficient (Wildman–Crippen LogP) is 5.37. The third kappa shape index (κ3) is 3.57. The van der Waals surface area contributed by atoms with E-state index in [1.54, 1.807) is 12.1 Å². The van der Waals surface area contributed by atoms with Gasteiger partial charge < -0.3 is 19.9 Å². The Kier molecular flexibility index (Phi) is 4.99. The molecule has 0 fully saturated rings. The minimum absolute atomic E-state index is 0.0183. The summed E-state index contributed by atoms with van der Waals surface area (Å²) in [5.41, 5.74) is 3.11. The van der Waals surface area contributed by atoms with E-state index in [-0.39, 0.29) is 17.6 Å². The van der Waals surface area contributed by atoms with Crippen LogP contribution < -0.4 is 15.4 Å². The number of nitrogens with one attached hydrogen (secondary N) is 2. The highest BCUT2D eigenvalue weighted by molar-refractivity contribution is 5.86. The number of halogens is 1. The molecule has 0 spiro atoms. The normalized spacial score (nSPS) is 17.3. The Morgan fingerprint density at radius 2 is 2.11 bits per heavy atom. The SMILES string of the molecule is CC[C@H]1CC(NC(C)c2ccc(Oc3cccc4c3ccn4C)c(F)c2)=CN1. The summed E-state index contributed by atoms with van der Waals surface area (Å²) in [5, 5.41) is 7.80. The molecular weight excluding hydrogens is 353 g/mol. The molecule has 4 rings (SSSR count). The van der Waals surface area contributed by atoms with Gasteiger partial charge in [0, 0.05) is 49.0 Å². The highest BCUT2D eigenvalue weighted by atomic mass is 19.1. The Bertz CT molecular complexity index is 1020. The van der Waals surface area contributed by atoms with E-state index in [9.17, 15) is 4.39 Å². The van der Waals surface area contributed by atoms with E-state index in [1.807, 2.05) is 61.3 Å². The highest BCUT2D eigenvalue weighted by Crippen LogP contribution is 2.32. The van der Waals surface area contributed by atoms with E-state index in [4.69, 9.17) is 4.74 Å². The summed E-state index contributed by atoms with van der Waals surface area (Å²) in [7, 11) is 1.98. The van der Waals surface area contributed by atoms with Crippen LogP contribution in [0, 0.1) is 5.82 Å². The Balaban J connectivity index is 1.50. The fraction of sp³-hybridized carbons (Fsp3) is 0.304. The van der Waals surface area contributed by atoms with Gasteiger partial charge in [-0.25, -0.2) is 4.39 Å². The van der Waals surface area contributed by atoms with Crippen molar-refractivity contribution in [3.05, 3.63) is 71.9 Å². The van der Waals surface area contributed by atoms with Gasteiger partial charge in [-0.15, -0.1) is 0 Å². The lowest BCUT2D eigenvalue weighted by Gasteiger charge is -2.18. The summed E-state index contributed by atoms with van der Waals surface area (Å²) in [6.45, 7) is 4.21. The van der Waals surface area contributed by atoms with Gasteiger partial charge in [-0.1, -0.05) is 19.1 Å². The lowest BCUT2D eigenvalue weighted by Crippen LogP contribution is -2.20. The molecule has 2 heterocycles. The summed E-state index contributed by atoms with van der Waals surface area (Å²) in [5.74, 6) is 0.535. The number of ether oxygens (including phenoxy) is 1. The van der Waals surface area contributed by atoms with E-state index in [0.717, 1.165) is 35.0 Å². The van der Waals surface area contributed by atoms with Crippen molar-refractivity contribution in [2.24, 2.45) is 7.05 Å². The maximum Gasteiger partial charge on any atom is 0.166 e. The molecule has 3 aromatic rings. The molecular formula is C23H26FN3O. The fourth-order valence-electron chi connectivity index (χ4n) is 3.68. The molecule has 1 aromatic heterocycles. The molecule has 1 aliphatic heterocycles. The Hall–Kier alpha value is -2.95. The molecule has 2 N–H and O–H groups in total. The lowest BCUT2D eigenvalue weighted by atomic mass is 10.1. The third-order valence-electron chi connectivity index (χ3n) is 5.42. The summed E-state index contributed by atoms with van der Waals surface area (Å²) in [4.78, 5) is 0. The van der Waals surface area contributed by atoms with E-state index < -0.39 is 0 Å². The zero-order valence-electron chi connectivity index (χ0n) is 16.5. The van der Waals surface area contributed by atoms with Crippen LogP contribution in [0.1, 0.15) is 38.3 Å². The maximum atomic E-state index is 14.7. The van der Waals surface area contributed by atoms with Crippen LogP contribution in [-0.2, 0) is 7.05 Å². The standard InChI is InChI=1S/C23H26FN3O/c1-4-17-13-18(14-25-17)26-15(2)16-8-9-23(20(24)12-16)28-22-7-5-6-21-19(22)10-11-27(21)3/h5-12,14-15,17,25-26H,4,13H2,1-3H3/t15?,17-/m0/s1. The molecule has 0 saturated carbocycles. The zero-order chi connectivity index (χ0) is 19.7. The van der Waals surface area contributed by atoms with Gasteiger partial charge in [-0.3, -0.25) is 0 Å². The first-order valence-electron chi connectivity index (χ1n) is 9.78. The molecule has 2 atom stereocenters. The minimum atomic E-state index is -0.357. The smallest absolute Gasteiger partial charge is 0.166 e. The van der Waals surface area contributed by atoms with E-state index >= 15 is 0 Å². The van der Waals surface area contributed by atoms with Crippen molar-refractivity contribution in [3.63, 3.8) is 0 Å². The van der Waals surface area contributed by atoms with Crippen LogP contribution in [0.3, 0.4) is 0 Å². The molecule has 0 aliphatic carbocycles. The Morgan fingerprint density at radius 3 is 2.86 bits per heavy atom. The number of aryl methyl sites for hydroxylation is 1. The number of nitrogens with zero attached hydrogens (tertiary/aromatic N) is 1. The number of benzene rings is 2. The average Bonchev–Trinajstić information content (AvgIpc) is 3.30. The van der Waals surface area contributed by atoms with Gasteiger partial charge in [-0.05, 0) is 49.2 Å². The van der Waals surface area contributed by atoms with Crippen molar-refractivity contribution in [1.29, 1.82) is 0 Å². The number of hydrogen-bond donors (Lipinski definition) is 2. The van der Waals surface area contributed by atoms with Gasteiger partial charge in [0.15, 0.2) is 11.6 Å². The van der Waals surface area contributed by atoms with Gasteiger partial charge in [0.05, 0.1) is 5.52 Å². The van der Waals surface area contributed by atoms with Crippen molar-refractivity contribution in [2.75, 3.05) is 0 Å². The molecule has 28 heavy (non-hydrogen) atoms. The van der Waals surface area contributed by atoms with Crippen LogP contribution in [0.4, 0.5) is 4.39 Å². The average molecular weight is 379 g/mol. The molecule has 1 aliphatic rings. The van der Waals surface area contributed by atoms with E-state index in [2.05, 4.69) is 17.6 Å². The van der Waals surface area contributed by atoms with Crippen molar-refractivity contribution in [2.45, 2.75) is 38.8 Å². The van der Waals surface area contributed by atoms with Crippen LogP contribution in [0.5, 0.6) is 11.5 Å². The van der Waals surface area contributed by atoms with Crippen molar-refractivity contribution in [3.8, 4) is 11.5 Å². The monoisotopic (exact) mass is 379 g/mol. The summed E-state index contributed by atoms with van der Waals surface area (Å²) >= 11 is 0. The number of aromatic nitrogens is 1. The Labute approximate surface area is 165 Å². The van der Waals surface area contributed by atoms with Gasteiger partial charge in [0.1, 0.15) is 5.75 Å². The van der Waals surface area contributed by atoms with Crippen LogP contribution in [0.25, 0.3) is 10.9 Å². The minimum Gasteiger partial charge on any atom is -0.454 e. The molecule has 5 heteroatoms. The second kappa shape index (κ2) is 7.58. The predicted molar refractivity (Wildman–Crippen MR) is 111 cm³/mol. The second-order valence-corrected chi connectivity index (χ2v) is 7.42. The molecule has 0 bridgehead atoms. The van der Waals surface area contributed by atoms with Crippen LogP contribution in [0.2, 0.25) is 0 Å². The Morgan fingerprint density at radius 1 is 1.25 bits per heavy atom. The molecule has 146 valence electrons. The first-order valence-corrected chi connectivity index (χ1v) is 9.78.